The van der Waals surface area contributed by atoms with Crippen LogP contribution in [0.2, 0.25) is 0 Å². The molecule has 0 aromatic heterocycles. The summed E-state index contributed by atoms with van der Waals surface area (Å²) in [6.07, 6.45) is 23.0. The second kappa shape index (κ2) is 22.4. The second-order valence-electron chi connectivity index (χ2n) is 9.20. The Morgan fingerprint density at radius 2 is 1.15 bits per heavy atom. The van der Waals surface area contributed by atoms with Crippen LogP contribution >= 0.6 is 11.8 Å². The number of nitrogens with one attached hydrogen (secondary N) is 2. The highest BCUT2D eigenvalue weighted by Gasteiger charge is 2.01. The number of rotatable bonds is 22. The van der Waals surface area contributed by atoms with Gasteiger partial charge in [0.25, 0.3) is 0 Å². The highest BCUT2D eigenvalue weighted by molar-refractivity contribution is 7.99. The maximum atomic E-state index is 11.8. The van der Waals surface area contributed by atoms with Crippen molar-refractivity contribution in [1.29, 1.82) is 0 Å². The summed E-state index contributed by atoms with van der Waals surface area (Å²) in [4.78, 5) is 11.8. The van der Waals surface area contributed by atoms with E-state index in [0.29, 0.717) is 12.2 Å². The smallest absolute Gasteiger partial charge is 0.319 e. The maximum absolute atomic E-state index is 11.8. The molecule has 0 saturated carbocycles. The van der Waals surface area contributed by atoms with Gasteiger partial charge >= 0.3 is 6.03 Å². The fourth-order valence-corrected chi connectivity index (χ4v) is 4.95. The summed E-state index contributed by atoms with van der Waals surface area (Å²) in [6.45, 7) is 2.99. The average Bonchev–Trinajstić information content (AvgIpc) is 2.81. The quantitative estimate of drug-likeness (QED) is 0.115. The first kappa shape index (κ1) is 29.7. The standard InChI is InChI=1S/C28H50N2O2S/c1-2-3-4-5-6-11-14-17-24-33-25-18-15-12-9-7-8-10-13-16-23-29-28(32)30-26-19-21-27(31)22-20-26/h19-22,31H,2-18,23-25H2,1H3,(H2,29,30,32). The molecule has 1 aromatic carbocycles. The van der Waals surface area contributed by atoms with Crippen molar-refractivity contribution in [2.24, 2.45) is 0 Å². The van der Waals surface area contributed by atoms with Gasteiger partial charge in [0.2, 0.25) is 0 Å². The Kier molecular flexibility index (Phi) is 20.2. The molecule has 4 nitrogen and oxygen atoms in total. The van der Waals surface area contributed by atoms with Gasteiger partial charge in [0.05, 0.1) is 0 Å². The van der Waals surface area contributed by atoms with Crippen LogP contribution in [-0.4, -0.2) is 29.2 Å². The Morgan fingerprint density at radius 1 is 0.697 bits per heavy atom. The molecule has 2 amide bonds. The van der Waals surface area contributed by atoms with E-state index >= 15 is 0 Å². The summed E-state index contributed by atoms with van der Waals surface area (Å²) in [6, 6.07) is 6.31. The highest BCUT2D eigenvalue weighted by Crippen LogP contribution is 2.15. The number of aromatic hydroxyl groups is 1. The van der Waals surface area contributed by atoms with Crippen LogP contribution in [-0.2, 0) is 0 Å². The lowest BCUT2D eigenvalue weighted by atomic mass is 10.1. The van der Waals surface area contributed by atoms with Gasteiger partial charge in [0.15, 0.2) is 0 Å². The van der Waals surface area contributed by atoms with Crippen molar-refractivity contribution in [3.05, 3.63) is 24.3 Å². The first-order valence-corrected chi connectivity index (χ1v) is 14.8. The summed E-state index contributed by atoms with van der Waals surface area (Å²) in [5, 5.41) is 14.9. The van der Waals surface area contributed by atoms with E-state index in [1.165, 1.54) is 114 Å². The molecule has 1 aromatic rings. The van der Waals surface area contributed by atoms with Gasteiger partial charge < -0.3 is 15.7 Å². The van der Waals surface area contributed by atoms with Crippen LogP contribution in [0.4, 0.5) is 10.5 Å². The van der Waals surface area contributed by atoms with Crippen molar-refractivity contribution in [1.82, 2.24) is 5.32 Å². The van der Waals surface area contributed by atoms with Crippen LogP contribution < -0.4 is 10.6 Å². The van der Waals surface area contributed by atoms with Crippen molar-refractivity contribution < 1.29 is 9.90 Å². The average molecular weight is 479 g/mol. The van der Waals surface area contributed by atoms with Crippen molar-refractivity contribution in [3.8, 4) is 5.75 Å². The summed E-state index contributed by atoms with van der Waals surface area (Å²) in [5.41, 5.74) is 0.687. The van der Waals surface area contributed by atoms with Crippen LogP contribution in [0.3, 0.4) is 0 Å². The third kappa shape index (κ3) is 19.8. The zero-order chi connectivity index (χ0) is 23.8. The number of phenolic OH excluding ortho intramolecular Hbond substituents is 1. The van der Waals surface area contributed by atoms with Crippen molar-refractivity contribution in [2.45, 2.75) is 116 Å². The molecule has 0 saturated heterocycles. The fraction of sp³-hybridized carbons (Fsp3) is 0.750. The number of unbranched alkanes of at least 4 members (excludes halogenated alkanes) is 15. The number of thioether (sulfide) groups is 1. The molecule has 0 bridgehead atoms. The molecule has 0 aliphatic rings. The molecule has 190 valence electrons. The molecule has 0 atom stereocenters. The lowest BCUT2D eigenvalue weighted by Gasteiger charge is -2.07. The fourth-order valence-electron chi connectivity index (χ4n) is 3.93. The Labute approximate surface area is 208 Å². The van der Waals surface area contributed by atoms with Gasteiger partial charge in [-0.25, -0.2) is 4.79 Å². The monoisotopic (exact) mass is 478 g/mol. The van der Waals surface area contributed by atoms with Gasteiger partial charge in [-0.15, -0.1) is 0 Å². The van der Waals surface area contributed by atoms with Gasteiger partial charge in [0.1, 0.15) is 5.75 Å². The Bertz CT molecular complexity index is 566. The zero-order valence-electron chi connectivity index (χ0n) is 21.2. The zero-order valence-corrected chi connectivity index (χ0v) is 22.0. The SMILES string of the molecule is CCCCCCCCCCSCCCCCCCCCCCNC(=O)Nc1ccc(O)cc1. The van der Waals surface area contributed by atoms with Crippen molar-refractivity contribution >= 4 is 23.5 Å². The molecule has 5 heteroatoms. The first-order valence-electron chi connectivity index (χ1n) is 13.6. The van der Waals surface area contributed by atoms with E-state index in [0.717, 1.165) is 6.42 Å². The third-order valence-corrected chi connectivity index (χ3v) is 7.17. The minimum atomic E-state index is -0.184. The van der Waals surface area contributed by atoms with Gasteiger partial charge in [-0.2, -0.15) is 11.8 Å². The molecule has 0 heterocycles. The van der Waals surface area contributed by atoms with Gasteiger partial charge in [-0.05, 0) is 55.0 Å². The van der Waals surface area contributed by atoms with E-state index < -0.39 is 0 Å². The topological polar surface area (TPSA) is 61.4 Å². The van der Waals surface area contributed by atoms with Gasteiger partial charge in [-0.3, -0.25) is 0 Å². The number of urea groups is 1. The normalized spacial score (nSPS) is 10.9. The summed E-state index contributed by atoms with van der Waals surface area (Å²) >= 11 is 2.16. The van der Waals surface area contributed by atoms with E-state index in [9.17, 15) is 9.90 Å². The van der Waals surface area contributed by atoms with Crippen LogP contribution in [0.5, 0.6) is 5.75 Å². The number of carbonyl (C=O) groups is 1. The second-order valence-corrected chi connectivity index (χ2v) is 10.4. The number of anilines is 1. The predicted octanol–water partition coefficient (Wildman–Crippen LogP) is 8.90. The molecule has 0 aliphatic heterocycles. The lowest BCUT2D eigenvalue weighted by Crippen LogP contribution is -2.29. The number of carbonyl (C=O) groups excluding carboxylic acids is 1. The van der Waals surface area contributed by atoms with Gasteiger partial charge in [0, 0.05) is 12.2 Å². The molecule has 3 N–H and O–H groups in total. The molecular formula is C28H50N2O2S. The van der Waals surface area contributed by atoms with Gasteiger partial charge in [-0.1, -0.05) is 96.8 Å². The Hall–Kier alpha value is -1.36. The molecule has 0 fully saturated rings. The third-order valence-electron chi connectivity index (χ3n) is 6.02. The summed E-state index contributed by atoms with van der Waals surface area (Å²) in [7, 11) is 0. The summed E-state index contributed by atoms with van der Waals surface area (Å²) in [5.74, 6) is 2.91. The first-order chi connectivity index (χ1) is 16.2. The number of phenols is 1. The van der Waals surface area contributed by atoms with Crippen molar-refractivity contribution in [2.75, 3.05) is 23.4 Å². The molecule has 0 aliphatic carbocycles. The lowest BCUT2D eigenvalue weighted by molar-refractivity contribution is 0.252. The molecular weight excluding hydrogens is 428 g/mol. The van der Waals surface area contributed by atoms with Crippen LogP contribution in [0.25, 0.3) is 0 Å². The van der Waals surface area contributed by atoms with E-state index in [4.69, 9.17) is 0 Å². The Morgan fingerprint density at radius 3 is 1.67 bits per heavy atom. The molecule has 1 rings (SSSR count). The molecule has 0 unspecified atom stereocenters. The maximum Gasteiger partial charge on any atom is 0.319 e. The predicted molar refractivity (Wildman–Crippen MR) is 147 cm³/mol. The number of amides is 2. The minimum Gasteiger partial charge on any atom is -0.508 e. The van der Waals surface area contributed by atoms with Crippen LogP contribution in [0.15, 0.2) is 24.3 Å². The van der Waals surface area contributed by atoms with Crippen molar-refractivity contribution in [3.63, 3.8) is 0 Å². The van der Waals surface area contributed by atoms with E-state index in [1.807, 2.05) is 0 Å². The number of hydrogen-bond donors (Lipinski definition) is 3. The van der Waals surface area contributed by atoms with Crippen LogP contribution in [0, 0.1) is 0 Å². The number of benzene rings is 1. The van der Waals surface area contributed by atoms with E-state index in [-0.39, 0.29) is 11.8 Å². The molecule has 33 heavy (non-hydrogen) atoms. The number of hydrogen-bond acceptors (Lipinski definition) is 3. The molecule has 0 spiro atoms. The van der Waals surface area contributed by atoms with E-state index in [1.54, 1.807) is 24.3 Å². The largest absolute Gasteiger partial charge is 0.508 e. The van der Waals surface area contributed by atoms with E-state index in [2.05, 4.69) is 29.3 Å². The Balaban J connectivity index is 1.73. The minimum absolute atomic E-state index is 0.184. The highest BCUT2D eigenvalue weighted by atomic mass is 32.2. The molecule has 0 radical (unpaired) electrons. The van der Waals surface area contributed by atoms with Crippen LogP contribution in [0.1, 0.15) is 116 Å². The summed E-state index contributed by atoms with van der Waals surface area (Å²) < 4.78 is 0.